The van der Waals surface area contributed by atoms with Crippen LogP contribution in [0.5, 0.6) is 0 Å². The molecule has 0 aromatic rings. The number of nitrogens with one attached hydrogen (secondary N) is 1. The maximum atomic E-state index is 11.6. The Morgan fingerprint density at radius 2 is 1.94 bits per heavy atom. The Morgan fingerprint density at radius 1 is 1.38 bits per heavy atom. The van der Waals surface area contributed by atoms with Crippen LogP contribution < -0.4 is 5.32 Å². The Hall–Kier alpha value is -0.450. The fraction of sp³-hybridized carbons (Fsp3) is 0.917. The second kappa shape index (κ2) is 6.99. The molecular weight excluding hydrogens is 206 g/mol. The van der Waals surface area contributed by atoms with E-state index in [1.54, 1.807) is 7.11 Å². The number of hydrogen-bond acceptors (Lipinski definition) is 4. The lowest BCUT2D eigenvalue weighted by Crippen LogP contribution is -2.42. The molecule has 0 aliphatic heterocycles. The number of hydrogen-bond donors (Lipinski definition) is 1. The second-order valence-electron chi connectivity index (χ2n) is 4.95. The molecule has 0 amide bonds. The van der Waals surface area contributed by atoms with Gasteiger partial charge in [0.15, 0.2) is 0 Å². The predicted molar refractivity (Wildman–Crippen MR) is 64.1 cm³/mol. The zero-order valence-electron chi connectivity index (χ0n) is 11.3. The highest BCUT2D eigenvalue weighted by molar-refractivity contribution is 5.82. The van der Waals surface area contributed by atoms with Gasteiger partial charge in [-0.1, -0.05) is 13.8 Å². The van der Waals surface area contributed by atoms with Crippen LogP contribution in [0.4, 0.5) is 0 Å². The molecule has 0 aromatic carbocycles. The molecule has 0 aliphatic carbocycles. The topological polar surface area (TPSA) is 47.6 Å². The third-order valence-corrected chi connectivity index (χ3v) is 2.28. The molecule has 4 heteroatoms. The molecule has 0 radical (unpaired) electrons. The number of rotatable bonds is 7. The smallest absolute Gasteiger partial charge is 0.216 e. The molecule has 0 rings (SSSR count). The van der Waals surface area contributed by atoms with E-state index in [9.17, 15) is 4.79 Å². The van der Waals surface area contributed by atoms with Crippen LogP contribution in [0.15, 0.2) is 0 Å². The van der Waals surface area contributed by atoms with E-state index in [0.29, 0.717) is 0 Å². The summed E-state index contributed by atoms with van der Waals surface area (Å²) in [6.07, 6.45) is 0.325. The van der Waals surface area contributed by atoms with E-state index in [1.807, 2.05) is 34.6 Å². The highest BCUT2D eigenvalue weighted by atomic mass is 16.7. The minimum atomic E-state index is -0.534. The quantitative estimate of drug-likeness (QED) is 0.680. The molecule has 0 spiro atoms. The highest BCUT2D eigenvalue weighted by Gasteiger charge is 2.19. The van der Waals surface area contributed by atoms with Crippen molar-refractivity contribution in [2.75, 3.05) is 13.7 Å². The number of carbonyl (C=O) groups excluding carboxylic acids is 1. The van der Waals surface area contributed by atoms with Gasteiger partial charge in [0.05, 0.1) is 12.1 Å². The van der Waals surface area contributed by atoms with Gasteiger partial charge >= 0.3 is 0 Å². The van der Waals surface area contributed by atoms with Crippen LogP contribution in [-0.4, -0.2) is 31.5 Å². The van der Waals surface area contributed by atoms with Gasteiger partial charge in [0.1, 0.15) is 5.78 Å². The van der Waals surface area contributed by atoms with Gasteiger partial charge in [0, 0.05) is 13.0 Å². The minimum absolute atomic E-state index is 0.0830. The summed E-state index contributed by atoms with van der Waals surface area (Å²) in [7, 11) is 1.55. The monoisotopic (exact) mass is 231 g/mol. The van der Waals surface area contributed by atoms with Crippen LogP contribution in [0.3, 0.4) is 0 Å². The molecule has 2 atom stereocenters. The lowest BCUT2D eigenvalue weighted by Gasteiger charge is -2.27. The molecule has 0 saturated carbocycles. The van der Waals surface area contributed by atoms with Crippen LogP contribution in [0.1, 0.15) is 41.0 Å². The third kappa shape index (κ3) is 6.93. The molecule has 0 aliphatic rings. The molecule has 0 bridgehead atoms. The zero-order chi connectivity index (χ0) is 12.8. The van der Waals surface area contributed by atoms with E-state index in [-0.39, 0.29) is 23.8 Å². The van der Waals surface area contributed by atoms with Gasteiger partial charge in [-0.2, -0.15) is 0 Å². The van der Waals surface area contributed by atoms with Gasteiger partial charge in [0.2, 0.25) is 6.41 Å². The van der Waals surface area contributed by atoms with Crippen molar-refractivity contribution in [3.63, 3.8) is 0 Å². The van der Waals surface area contributed by atoms with Crippen molar-refractivity contribution in [1.82, 2.24) is 5.32 Å². The predicted octanol–water partition coefficient (Wildman–Crippen LogP) is 1.94. The molecule has 16 heavy (non-hydrogen) atoms. The van der Waals surface area contributed by atoms with E-state index in [0.717, 1.165) is 6.42 Å². The summed E-state index contributed by atoms with van der Waals surface area (Å²) in [6, 6.07) is 0. The number of carbonyl (C=O) groups is 1. The lowest BCUT2D eigenvalue weighted by atomic mass is 10.0. The Morgan fingerprint density at radius 3 is 2.31 bits per heavy atom. The van der Waals surface area contributed by atoms with Gasteiger partial charge in [-0.15, -0.1) is 0 Å². The summed E-state index contributed by atoms with van der Waals surface area (Å²) in [5.41, 5.74) is -0.299. The molecule has 2 unspecified atom stereocenters. The molecule has 4 nitrogen and oxygen atoms in total. The normalized spacial score (nSPS) is 15.9. The number of methoxy groups -OCH3 is 1. The molecule has 1 N–H and O–H groups in total. The van der Waals surface area contributed by atoms with E-state index >= 15 is 0 Å². The van der Waals surface area contributed by atoms with Crippen LogP contribution >= 0.6 is 0 Å². The van der Waals surface area contributed by atoms with Gasteiger partial charge < -0.3 is 9.47 Å². The first-order chi connectivity index (χ1) is 7.30. The lowest BCUT2D eigenvalue weighted by molar-refractivity contribution is -0.197. The molecule has 0 saturated heterocycles. The number of ketones is 1. The van der Waals surface area contributed by atoms with E-state index in [2.05, 4.69) is 5.32 Å². The highest BCUT2D eigenvalue weighted by Crippen LogP contribution is 2.10. The van der Waals surface area contributed by atoms with E-state index in [4.69, 9.17) is 9.47 Å². The van der Waals surface area contributed by atoms with Crippen LogP contribution in [0.25, 0.3) is 0 Å². The van der Waals surface area contributed by atoms with Crippen LogP contribution in [0, 0.1) is 5.92 Å². The zero-order valence-corrected chi connectivity index (χ0v) is 11.3. The molecule has 96 valence electrons. The third-order valence-electron chi connectivity index (χ3n) is 2.28. The number of Topliss-reactive ketones (excluding diaryl/α,β-unsaturated/α-hetero) is 1. The minimum Gasteiger partial charge on any atom is -0.343 e. The van der Waals surface area contributed by atoms with Crippen molar-refractivity contribution in [2.24, 2.45) is 5.92 Å². The first-order valence-corrected chi connectivity index (χ1v) is 5.77. The van der Waals surface area contributed by atoms with E-state index in [1.165, 1.54) is 0 Å². The van der Waals surface area contributed by atoms with Gasteiger partial charge in [-0.05, 0) is 27.2 Å². The molecule has 0 fully saturated rings. The Bertz CT molecular complexity index is 211. The van der Waals surface area contributed by atoms with Crippen molar-refractivity contribution in [3.05, 3.63) is 0 Å². The van der Waals surface area contributed by atoms with Gasteiger partial charge in [-0.25, -0.2) is 0 Å². The van der Waals surface area contributed by atoms with Gasteiger partial charge in [-0.3, -0.25) is 10.1 Å². The van der Waals surface area contributed by atoms with Crippen molar-refractivity contribution >= 4 is 5.78 Å². The first kappa shape index (κ1) is 15.6. The average molecular weight is 231 g/mol. The van der Waals surface area contributed by atoms with E-state index < -0.39 is 6.41 Å². The Balaban J connectivity index is 4.01. The van der Waals surface area contributed by atoms with Crippen molar-refractivity contribution in [3.8, 4) is 0 Å². The Labute approximate surface area is 98.7 Å². The van der Waals surface area contributed by atoms with Crippen LogP contribution in [-0.2, 0) is 14.3 Å². The standard InChI is InChI=1S/C12H25NO3/c1-7-9(2)10(14)8-13-11(15-6)16-12(3,4)5/h9,11,13H,7-8H2,1-6H3. The van der Waals surface area contributed by atoms with Crippen LogP contribution in [0.2, 0.25) is 0 Å². The van der Waals surface area contributed by atoms with Crippen molar-refractivity contribution in [1.29, 1.82) is 0 Å². The summed E-state index contributed by atoms with van der Waals surface area (Å²) in [5.74, 6) is 0.265. The van der Waals surface area contributed by atoms with Crippen molar-refractivity contribution in [2.45, 2.75) is 53.1 Å². The fourth-order valence-electron chi connectivity index (χ4n) is 1.08. The maximum Gasteiger partial charge on any atom is 0.216 e. The molecular formula is C12H25NO3. The summed E-state index contributed by atoms with van der Waals surface area (Å²) < 4.78 is 10.7. The summed E-state index contributed by atoms with van der Waals surface area (Å²) in [6.45, 7) is 10.0. The van der Waals surface area contributed by atoms with Gasteiger partial charge in [0.25, 0.3) is 0 Å². The maximum absolute atomic E-state index is 11.6. The first-order valence-electron chi connectivity index (χ1n) is 5.77. The molecule has 0 heterocycles. The van der Waals surface area contributed by atoms with Crippen molar-refractivity contribution < 1.29 is 14.3 Å². The fourth-order valence-corrected chi connectivity index (χ4v) is 1.08. The average Bonchev–Trinajstić information content (AvgIpc) is 2.20. The molecule has 0 aromatic heterocycles. The largest absolute Gasteiger partial charge is 0.343 e. The summed E-state index contributed by atoms with van der Waals surface area (Å²) >= 11 is 0. The second-order valence-corrected chi connectivity index (χ2v) is 4.95. The summed E-state index contributed by atoms with van der Waals surface area (Å²) in [5, 5.41) is 2.95. The summed E-state index contributed by atoms with van der Waals surface area (Å²) in [4.78, 5) is 11.6. The number of ether oxygens (including phenoxy) is 2. The Kier molecular flexibility index (Phi) is 6.79. The SMILES string of the molecule is CCC(C)C(=O)CNC(OC)OC(C)(C)C.